The fourth-order valence-corrected chi connectivity index (χ4v) is 2.27. The van der Waals surface area contributed by atoms with Crippen molar-refractivity contribution in [3.8, 4) is 0 Å². The van der Waals surface area contributed by atoms with E-state index in [1.54, 1.807) is 12.4 Å². The molecule has 0 saturated carbocycles. The molecule has 0 aliphatic carbocycles. The summed E-state index contributed by atoms with van der Waals surface area (Å²) in [5.74, 6) is 1.72. The van der Waals surface area contributed by atoms with Gasteiger partial charge in [0.2, 0.25) is 0 Å². The highest BCUT2D eigenvalue weighted by Gasteiger charge is 2.17. The van der Waals surface area contributed by atoms with Gasteiger partial charge in [0.1, 0.15) is 11.6 Å². The fourth-order valence-electron chi connectivity index (χ4n) is 2.27. The maximum Gasteiger partial charge on any atom is 0.147 e. The van der Waals surface area contributed by atoms with Gasteiger partial charge in [0.15, 0.2) is 0 Å². The predicted octanol–water partition coefficient (Wildman–Crippen LogP) is 1.80. The number of nitrogens with zero attached hydrogens (tertiary/aromatic N) is 3. The van der Waals surface area contributed by atoms with E-state index in [-0.39, 0.29) is 0 Å². The minimum Gasteiger partial charge on any atom is -0.369 e. The van der Waals surface area contributed by atoms with Gasteiger partial charge in [-0.05, 0) is 32.9 Å². The fraction of sp³-hybridized carbons (Fsp3) is 0.692. The van der Waals surface area contributed by atoms with Crippen LogP contribution in [0.15, 0.2) is 12.4 Å². The van der Waals surface area contributed by atoms with Crippen molar-refractivity contribution in [2.75, 3.05) is 37.3 Å². The molecule has 5 heteroatoms. The van der Waals surface area contributed by atoms with E-state index in [4.69, 9.17) is 0 Å². The predicted molar refractivity (Wildman–Crippen MR) is 75.0 cm³/mol. The van der Waals surface area contributed by atoms with E-state index >= 15 is 0 Å². The van der Waals surface area contributed by atoms with Gasteiger partial charge in [0.25, 0.3) is 0 Å². The topological polar surface area (TPSA) is 53.1 Å². The molecule has 1 aliphatic heterocycles. The van der Waals surface area contributed by atoms with Gasteiger partial charge in [-0.2, -0.15) is 0 Å². The van der Waals surface area contributed by atoms with Gasteiger partial charge in [-0.25, -0.2) is 4.98 Å². The number of likely N-dealkylation sites (N-methyl/N-ethyl adjacent to an activating group) is 1. The molecule has 2 rings (SSSR count). The molecule has 2 N–H and O–H groups in total. The third kappa shape index (κ3) is 3.84. The Labute approximate surface area is 109 Å². The Morgan fingerprint density at radius 2 is 2.22 bits per heavy atom. The van der Waals surface area contributed by atoms with E-state index in [0.29, 0.717) is 6.04 Å². The van der Waals surface area contributed by atoms with E-state index in [1.807, 2.05) is 0 Å². The summed E-state index contributed by atoms with van der Waals surface area (Å²) in [6.07, 6.45) is 7.11. The highest BCUT2D eigenvalue weighted by Crippen LogP contribution is 2.14. The molecule has 1 aromatic rings. The molecule has 1 unspecified atom stereocenters. The molecule has 100 valence electrons. The summed E-state index contributed by atoms with van der Waals surface area (Å²) in [6, 6.07) is 0.486. The van der Waals surface area contributed by atoms with Crippen LogP contribution in [0, 0.1) is 0 Å². The van der Waals surface area contributed by atoms with Crippen LogP contribution in [0.5, 0.6) is 0 Å². The third-order valence-electron chi connectivity index (χ3n) is 3.17. The number of piperidine rings is 1. The number of anilines is 2. The number of hydrogen-bond acceptors (Lipinski definition) is 5. The normalized spacial score (nSPS) is 20.7. The standard InChI is InChI=1S/C13H23N5/c1-3-6-15-12-8-14-9-13(17-12)16-11-5-4-7-18(2)10-11/h8-9,11H,3-7,10H2,1-2H3,(H2,15,16,17). The molecule has 1 fully saturated rings. The second-order valence-corrected chi connectivity index (χ2v) is 4.96. The van der Waals surface area contributed by atoms with Crippen LogP contribution >= 0.6 is 0 Å². The average Bonchev–Trinajstić information content (AvgIpc) is 2.37. The van der Waals surface area contributed by atoms with Crippen molar-refractivity contribution < 1.29 is 0 Å². The van der Waals surface area contributed by atoms with E-state index in [2.05, 4.69) is 39.5 Å². The zero-order chi connectivity index (χ0) is 12.8. The van der Waals surface area contributed by atoms with Crippen molar-refractivity contribution in [3.63, 3.8) is 0 Å². The maximum atomic E-state index is 4.53. The zero-order valence-electron chi connectivity index (χ0n) is 11.3. The first-order chi connectivity index (χ1) is 8.78. The third-order valence-corrected chi connectivity index (χ3v) is 3.17. The Kier molecular flexibility index (Phi) is 4.75. The Balaban J connectivity index is 1.91. The number of likely N-dealkylation sites (tertiary alicyclic amines) is 1. The van der Waals surface area contributed by atoms with Gasteiger partial charge in [-0.15, -0.1) is 0 Å². The van der Waals surface area contributed by atoms with Gasteiger partial charge < -0.3 is 15.5 Å². The Morgan fingerprint density at radius 3 is 3.00 bits per heavy atom. The smallest absolute Gasteiger partial charge is 0.147 e. The lowest BCUT2D eigenvalue weighted by Crippen LogP contribution is -2.39. The van der Waals surface area contributed by atoms with Crippen LogP contribution in [0.4, 0.5) is 11.6 Å². The summed E-state index contributed by atoms with van der Waals surface area (Å²) < 4.78 is 0. The average molecular weight is 249 g/mol. The monoisotopic (exact) mass is 249 g/mol. The molecular weight excluding hydrogens is 226 g/mol. The van der Waals surface area contributed by atoms with Crippen molar-refractivity contribution in [1.82, 2.24) is 14.9 Å². The molecule has 0 amide bonds. The van der Waals surface area contributed by atoms with Gasteiger partial charge in [-0.3, -0.25) is 4.98 Å². The molecule has 0 spiro atoms. The van der Waals surface area contributed by atoms with Crippen LogP contribution in [-0.2, 0) is 0 Å². The molecule has 0 radical (unpaired) electrons. The van der Waals surface area contributed by atoms with Gasteiger partial charge >= 0.3 is 0 Å². The number of aromatic nitrogens is 2. The van der Waals surface area contributed by atoms with Crippen molar-refractivity contribution in [2.45, 2.75) is 32.2 Å². The largest absolute Gasteiger partial charge is 0.369 e. The second kappa shape index (κ2) is 6.54. The number of nitrogens with one attached hydrogen (secondary N) is 2. The molecule has 0 bridgehead atoms. The van der Waals surface area contributed by atoms with Crippen LogP contribution in [0.1, 0.15) is 26.2 Å². The summed E-state index contributed by atoms with van der Waals surface area (Å²) in [5, 5.41) is 6.73. The second-order valence-electron chi connectivity index (χ2n) is 4.96. The van der Waals surface area contributed by atoms with Crippen molar-refractivity contribution >= 4 is 11.6 Å². The van der Waals surface area contributed by atoms with Gasteiger partial charge in [0, 0.05) is 19.1 Å². The van der Waals surface area contributed by atoms with E-state index in [1.165, 1.54) is 19.4 Å². The lowest BCUT2D eigenvalue weighted by molar-refractivity contribution is 0.260. The molecule has 1 aromatic heterocycles. The molecular formula is C13H23N5. The van der Waals surface area contributed by atoms with Gasteiger partial charge in [-0.1, -0.05) is 6.92 Å². The van der Waals surface area contributed by atoms with E-state index < -0.39 is 0 Å². The minimum atomic E-state index is 0.486. The molecule has 1 atom stereocenters. The summed E-state index contributed by atoms with van der Waals surface area (Å²) in [4.78, 5) is 11.1. The molecule has 1 aliphatic rings. The molecule has 2 heterocycles. The highest BCUT2D eigenvalue weighted by molar-refractivity contribution is 5.42. The van der Waals surface area contributed by atoms with Crippen LogP contribution in [0.25, 0.3) is 0 Å². The Bertz CT molecular complexity index is 368. The van der Waals surface area contributed by atoms with Crippen LogP contribution in [0.2, 0.25) is 0 Å². The van der Waals surface area contributed by atoms with Crippen molar-refractivity contribution in [3.05, 3.63) is 12.4 Å². The first-order valence-corrected chi connectivity index (χ1v) is 6.79. The van der Waals surface area contributed by atoms with E-state index in [9.17, 15) is 0 Å². The molecule has 0 aromatic carbocycles. The summed E-state index contributed by atoms with van der Waals surface area (Å²) in [7, 11) is 2.17. The molecule has 1 saturated heterocycles. The summed E-state index contributed by atoms with van der Waals surface area (Å²) in [6.45, 7) is 5.35. The maximum absolute atomic E-state index is 4.53. The highest BCUT2D eigenvalue weighted by atomic mass is 15.2. The number of rotatable bonds is 5. The first-order valence-electron chi connectivity index (χ1n) is 6.79. The van der Waals surface area contributed by atoms with E-state index in [0.717, 1.165) is 31.1 Å². The Hall–Kier alpha value is -1.36. The molecule has 5 nitrogen and oxygen atoms in total. The number of hydrogen-bond donors (Lipinski definition) is 2. The lowest BCUT2D eigenvalue weighted by Gasteiger charge is -2.30. The molecule has 18 heavy (non-hydrogen) atoms. The zero-order valence-corrected chi connectivity index (χ0v) is 11.3. The van der Waals surface area contributed by atoms with Crippen molar-refractivity contribution in [1.29, 1.82) is 0 Å². The lowest BCUT2D eigenvalue weighted by atomic mass is 10.1. The first kappa shape index (κ1) is 13.1. The summed E-state index contributed by atoms with van der Waals surface area (Å²) in [5.41, 5.74) is 0. The van der Waals surface area contributed by atoms with Crippen LogP contribution in [-0.4, -0.2) is 47.6 Å². The summed E-state index contributed by atoms with van der Waals surface area (Å²) >= 11 is 0. The SMILES string of the molecule is CCCNc1cncc(NC2CCCN(C)C2)n1. The Morgan fingerprint density at radius 1 is 1.39 bits per heavy atom. The quantitative estimate of drug-likeness (QED) is 0.833. The van der Waals surface area contributed by atoms with Gasteiger partial charge in [0.05, 0.1) is 12.4 Å². The van der Waals surface area contributed by atoms with Crippen molar-refractivity contribution in [2.24, 2.45) is 0 Å². The van der Waals surface area contributed by atoms with Crippen LogP contribution < -0.4 is 10.6 Å². The van der Waals surface area contributed by atoms with Crippen LogP contribution in [0.3, 0.4) is 0 Å². The minimum absolute atomic E-state index is 0.486.